The monoisotopic (exact) mass is 384 g/mol. The Labute approximate surface area is 165 Å². The number of nitrogens with one attached hydrogen (secondary N) is 1. The molecule has 0 saturated carbocycles. The number of aliphatic hydroxyl groups is 1. The van der Waals surface area contributed by atoms with E-state index in [-0.39, 0.29) is 5.91 Å². The van der Waals surface area contributed by atoms with Crippen LogP contribution < -0.4 is 5.32 Å². The number of fused-ring (bicyclic) bond motifs is 2. The summed E-state index contributed by atoms with van der Waals surface area (Å²) < 4.78 is 0. The van der Waals surface area contributed by atoms with Crippen LogP contribution >= 0.6 is 11.3 Å². The maximum absolute atomic E-state index is 13.2. The number of carbonyl (C=O) groups excluding carboxylic acids is 1. The van der Waals surface area contributed by atoms with Crippen LogP contribution in [0.15, 0.2) is 47.8 Å². The van der Waals surface area contributed by atoms with Crippen LogP contribution in [0, 0.1) is 5.92 Å². The zero-order chi connectivity index (χ0) is 18.6. The Morgan fingerprint density at radius 3 is 2.56 bits per heavy atom. The number of nitrogens with zero attached hydrogens (tertiary/aromatic N) is 1. The molecule has 2 fully saturated rings. The molecule has 2 bridgehead atoms. The molecule has 1 amide bonds. The number of piperidine rings is 1. The lowest BCUT2D eigenvalue weighted by molar-refractivity contribution is -0.134. The van der Waals surface area contributed by atoms with Crippen LogP contribution in [-0.4, -0.2) is 34.5 Å². The highest BCUT2D eigenvalue weighted by Crippen LogP contribution is 2.33. The summed E-state index contributed by atoms with van der Waals surface area (Å²) in [6, 6.07) is 15.1. The first kappa shape index (κ1) is 18.7. The van der Waals surface area contributed by atoms with Crippen molar-refractivity contribution in [1.82, 2.24) is 10.2 Å². The predicted octanol–water partition coefficient (Wildman–Crippen LogP) is 3.73. The highest BCUT2D eigenvalue weighted by atomic mass is 32.1. The summed E-state index contributed by atoms with van der Waals surface area (Å²) in [4.78, 5) is 15.9. The van der Waals surface area contributed by atoms with E-state index in [1.165, 1.54) is 24.2 Å². The third-order valence-electron chi connectivity index (χ3n) is 5.87. The highest BCUT2D eigenvalue weighted by Gasteiger charge is 2.35. The Morgan fingerprint density at radius 1 is 1.15 bits per heavy atom. The Kier molecular flexibility index (Phi) is 5.91. The molecule has 0 spiro atoms. The Hall–Kier alpha value is -1.69. The summed E-state index contributed by atoms with van der Waals surface area (Å²) in [6.45, 7) is 0.909. The van der Waals surface area contributed by atoms with Crippen molar-refractivity contribution < 1.29 is 9.90 Å². The lowest BCUT2D eigenvalue weighted by Gasteiger charge is -2.31. The minimum atomic E-state index is -0.623. The van der Waals surface area contributed by atoms with E-state index in [1.807, 2.05) is 52.7 Å². The van der Waals surface area contributed by atoms with E-state index >= 15 is 0 Å². The van der Waals surface area contributed by atoms with Crippen molar-refractivity contribution in [2.45, 2.75) is 56.8 Å². The number of aliphatic hydroxyl groups excluding tert-OH is 1. The van der Waals surface area contributed by atoms with Crippen molar-refractivity contribution in [1.29, 1.82) is 0 Å². The molecule has 3 atom stereocenters. The fraction of sp³-hybridized carbons (Fsp3) is 0.500. The van der Waals surface area contributed by atoms with Crippen molar-refractivity contribution in [2.24, 2.45) is 5.92 Å². The molecule has 2 N–H and O–H groups in total. The zero-order valence-corrected chi connectivity index (χ0v) is 16.4. The average Bonchev–Trinajstić information content (AvgIpc) is 3.32. The summed E-state index contributed by atoms with van der Waals surface area (Å²) in [7, 11) is 0. The molecule has 4 rings (SSSR count). The van der Waals surface area contributed by atoms with Crippen molar-refractivity contribution in [3.63, 3.8) is 0 Å². The van der Waals surface area contributed by atoms with E-state index in [0.29, 0.717) is 37.5 Å². The van der Waals surface area contributed by atoms with Crippen LogP contribution in [-0.2, 0) is 11.3 Å². The first-order valence-corrected chi connectivity index (χ1v) is 10.8. The second-order valence-corrected chi connectivity index (χ2v) is 8.95. The van der Waals surface area contributed by atoms with Crippen molar-refractivity contribution in [3.05, 3.63) is 58.3 Å². The Morgan fingerprint density at radius 2 is 1.89 bits per heavy atom. The van der Waals surface area contributed by atoms with Crippen LogP contribution in [0.25, 0.3) is 0 Å². The SMILES string of the molecule is O=C(CC1CC2CCC(C1)N2)N(Cc1ccccc1)CC(O)c1cccs1. The van der Waals surface area contributed by atoms with Gasteiger partial charge in [-0.25, -0.2) is 0 Å². The van der Waals surface area contributed by atoms with Gasteiger partial charge in [0, 0.05) is 29.9 Å². The lowest BCUT2D eigenvalue weighted by Crippen LogP contribution is -2.41. The van der Waals surface area contributed by atoms with E-state index in [0.717, 1.165) is 23.3 Å². The minimum absolute atomic E-state index is 0.167. The molecule has 2 saturated heterocycles. The number of rotatable bonds is 7. The second kappa shape index (κ2) is 8.55. The van der Waals surface area contributed by atoms with Gasteiger partial charge in [-0.2, -0.15) is 0 Å². The van der Waals surface area contributed by atoms with E-state index < -0.39 is 6.10 Å². The number of amides is 1. The van der Waals surface area contributed by atoms with Crippen LogP contribution in [0.5, 0.6) is 0 Å². The zero-order valence-electron chi connectivity index (χ0n) is 15.6. The quantitative estimate of drug-likeness (QED) is 0.765. The normalized spacial score (nSPS) is 25.3. The summed E-state index contributed by atoms with van der Waals surface area (Å²) in [5.74, 6) is 0.633. The van der Waals surface area contributed by atoms with Gasteiger partial charge in [0.1, 0.15) is 6.10 Å². The molecule has 144 valence electrons. The molecule has 27 heavy (non-hydrogen) atoms. The van der Waals surface area contributed by atoms with E-state index in [9.17, 15) is 9.90 Å². The standard InChI is InChI=1S/C22H28N2O2S/c25-20(21-7-4-10-27-21)15-24(14-16-5-2-1-3-6-16)22(26)13-17-11-18-8-9-19(12-17)23-18/h1-7,10,17-20,23,25H,8-9,11-15H2. The molecular weight excluding hydrogens is 356 g/mol. The average molecular weight is 385 g/mol. The van der Waals surface area contributed by atoms with E-state index in [4.69, 9.17) is 0 Å². The van der Waals surface area contributed by atoms with Crippen molar-refractivity contribution >= 4 is 17.2 Å². The smallest absolute Gasteiger partial charge is 0.223 e. The van der Waals surface area contributed by atoms with Crippen molar-refractivity contribution in [2.75, 3.05) is 6.54 Å². The fourth-order valence-corrected chi connectivity index (χ4v) is 5.26. The van der Waals surface area contributed by atoms with Crippen molar-refractivity contribution in [3.8, 4) is 0 Å². The molecule has 4 nitrogen and oxygen atoms in total. The molecule has 0 aliphatic carbocycles. The first-order chi connectivity index (χ1) is 13.2. The van der Waals surface area contributed by atoms with Crippen LogP contribution in [0.1, 0.15) is 48.6 Å². The molecule has 1 aromatic heterocycles. The number of thiophene rings is 1. The van der Waals surface area contributed by atoms with Crippen LogP contribution in [0.3, 0.4) is 0 Å². The fourth-order valence-electron chi connectivity index (χ4n) is 4.56. The largest absolute Gasteiger partial charge is 0.386 e. The summed E-state index contributed by atoms with van der Waals surface area (Å²) in [5, 5.41) is 16.2. The second-order valence-electron chi connectivity index (χ2n) is 7.97. The third kappa shape index (κ3) is 4.78. The summed E-state index contributed by atoms with van der Waals surface area (Å²) in [6.07, 6.45) is 4.69. The topological polar surface area (TPSA) is 52.6 Å². The van der Waals surface area contributed by atoms with Crippen LogP contribution in [0.4, 0.5) is 0 Å². The van der Waals surface area contributed by atoms with Gasteiger partial charge in [-0.05, 0) is 48.6 Å². The molecule has 2 aliphatic rings. The van der Waals surface area contributed by atoms with Gasteiger partial charge < -0.3 is 15.3 Å². The van der Waals surface area contributed by atoms with E-state index in [2.05, 4.69) is 5.32 Å². The summed E-state index contributed by atoms with van der Waals surface area (Å²) in [5.41, 5.74) is 1.11. The van der Waals surface area contributed by atoms with Gasteiger partial charge >= 0.3 is 0 Å². The van der Waals surface area contributed by atoms with Gasteiger partial charge in [0.15, 0.2) is 0 Å². The maximum atomic E-state index is 13.2. The first-order valence-electron chi connectivity index (χ1n) is 9.96. The van der Waals surface area contributed by atoms with E-state index in [1.54, 1.807) is 0 Å². The molecule has 3 unspecified atom stereocenters. The number of hydrogen-bond donors (Lipinski definition) is 2. The van der Waals surface area contributed by atoms with Gasteiger partial charge in [-0.15, -0.1) is 11.3 Å². The highest BCUT2D eigenvalue weighted by molar-refractivity contribution is 7.10. The molecular formula is C22H28N2O2S. The Balaban J connectivity index is 1.43. The Bertz CT molecular complexity index is 722. The predicted molar refractivity (Wildman–Crippen MR) is 108 cm³/mol. The van der Waals surface area contributed by atoms with Gasteiger partial charge in [0.2, 0.25) is 5.91 Å². The molecule has 1 aromatic carbocycles. The number of benzene rings is 1. The van der Waals surface area contributed by atoms with Gasteiger partial charge in [0.05, 0.1) is 6.54 Å². The minimum Gasteiger partial charge on any atom is -0.386 e. The maximum Gasteiger partial charge on any atom is 0.223 e. The molecule has 2 aromatic rings. The molecule has 0 radical (unpaired) electrons. The molecule has 2 aliphatic heterocycles. The molecule has 3 heterocycles. The third-order valence-corrected chi connectivity index (χ3v) is 6.84. The number of hydrogen-bond acceptors (Lipinski definition) is 4. The number of carbonyl (C=O) groups is 1. The molecule has 5 heteroatoms. The van der Waals surface area contributed by atoms with Crippen LogP contribution in [0.2, 0.25) is 0 Å². The summed E-state index contributed by atoms with van der Waals surface area (Å²) >= 11 is 1.54. The van der Waals surface area contributed by atoms with Gasteiger partial charge in [0.25, 0.3) is 0 Å². The van der Waals surface area contributed by atoms with Gasteiger partial charge in [-0.3, -0.25) is 4.79 Å². The lowest BCUT2D eigenvalue weighted by atomic mass is 9.89. The van der Waals surface area contributed by atoms with Gasteiger partial charge in [-0.1, -0.05) is 36.4 Å².